The van der Waals surface area contributed by atoms with Crippen molar-refractivity contribution < 1.29 is 9.47 Å². The van der Waals surface area contributed by atoms with Gasteiger partial charge in [-0.1, -0.05) is 36.4 Å². The van der Waals surface area contributed by atoms with Crippen LogP contribution in [0.25, 0.3) is 0 Å². The van der Waals surface area contributed by atoms with Gasteiger partial charge in [-0.25, -0.2) is 0 Å². The van der Waals surface area contributed by atoms with Crippen LogP contribution in [0.5, 0.6) is 11.5 Å². The molecule has 2 aromatic carbocycles. The number of nitrogens with zero attached hydrogens (tertiary/aromatic N) is 1. The third-order valence-electron chi connectivity index (χ3n) is 3.71. The molecule has 2 rings (SSSR count). The first-order chi connectivity index (χ1) is 10.7. The van der Waals surface area contributed by atoms with Crippen LogP contribution in [0.2, 0.25) is 0 Å². The van der Waals surface area contributed by atoms with Crippen molar-refractivity contribution >= 4 is 0 Å². The number of rotatable bonds is 6. The van der Waals surface area contributed by atoms with E-state index in [1.807, 2.05) is 50.2 Å². The van der Waals surface area contributed by atoms with E-state index in [1.165, 1.54) is 0 Å². The number of benzene rings is 2. The Labute approximate surface area is 132 Å². The average Bonchev–Trinajstić information content (AvgIpc) is 2.56. The van der Waals surface area contributed by atoms with Gasteiger partial charge in [0.1, 0.15) is 0 Å². The van der Waals surface area contributed by atoms with Gasteiger partial charge in [-0.05, 0) is 37.1 Å². The van der Waals surface area contributed by atoms with E-state index in [0.29, 0.717) is 18.1 Å². The third-order valence-corrected chi connectivity index (χ3v) is 3.71. The van der Waals surface area contributed by atoms with Crippen molar-refractivity contribution in [3.8, 4) is 17.6 Å². The van der Waals surface area contributed by atoms with Gasteiger partial charge in [0, 0.05) is 5.92 Å². The molecule has 3 heteroatoms. The summed E-state index contributed by atoms with van der Waals surface area (Å²) in [6.45, 7) is 4.46. The minimum absolute atomic E-state index is 0.0105. The zero-order valence-electron chi connectivity index (χ0n) is 13.2. The van der Waals surface area contributed by atoms with Gasteiger partial charge in [0.25, 0.3) is 0 Å². The van der Waals surface area contributed by atoms with Crippen LogP contribution in [0.1, 0.15) is 30.9 Å². The predicted molar refractivity (Wildman–Crippen MR) is 87.2 cm³/mol. The van der Waals surface area contributed by atoms with Crippen molar-refractivity contribution in [2.45, 2.75) is 19.8 Å². The average molecular weight is 295 g/mol. The first-order valence-corrected chi connectivity index (χ1v) is 7.46. The molecule has 3 nitrogen and oxygen atoms in total. The standard InChI is InChI=1S/C19H21NO2/c1-4-22-18-12-16(10-11-17(18)21-3)19(14(2)13-20)15-8-6-5-7-9-15/h5-12,14,19H,4H2,1-3H3. The molecular formula is C19H21NO2. The van der Waals surface area contributed by atoms with Gasteiger partial charge in [-0.15, -0.1) is 0 Å². The van der Waals surface area contributed by atoms with Crippen molar-refractivity contribution in [3.63, 3.8) is 0 Å². The van der Waals surface area contributed by atoms with Crippen LogP contribution < -0.4 is 9.47 Å². The van der Waals surface area contributed by atoms with Crippen molar-refractivity contribution in [1.82, 2.24) is 0 Å². The molecule has 2 atom stereocenters. The van der Waals surface area contributed by atoms with Crippen LogP contribution in [0.15, 0.2) is 48.5 Å². The van der Waals surface area contributed by atoms with Crippen molar-refractivity contribution in [1.29, 1.82) is 5.26 Å². The fourth-order valence-corrected chi connectivity index (χ4v) is 2.66. The Hall–Kier alpha value is -2.47. The van der Waals surface area contributed by atoms with Gasteiger partial charge < -0.3 is 9.47 Å². The number of ether oxygens (including phenoxy) is 2. The van der Waals surface area contributed by atoms with E-state index in [2.05, 4.69) is 18.2 Å². The second-order valence-corrected chi connectivity index (χ2v) is 5.15. The maximum Gasteiger partial charge on any atom is 0.161 e. The molecule has 0 N–H and O–H groups in total. The highest BCUT2D eigenvalue weighted by Crippen LogP contribution is 2.37. The molecule has 22 heavy (non-hydrogen) atoms. The summed E-state index contributed by atoms with van der Waals surface area (Å²) in [7, 11) is 1.63. The Balaban J connectivity index is 2.49. The Morgan fingerprint density at radius 2 is 1.77 bits per heavy atom. The van der Waals surface area contributed by atoms with Crippen LogP contribution in [0, 0.1) is 17.2 Å². The summed E-state index contributed by atoms with van der Waals surface area (Å²) in [5, 5.41) is 9.40. The minimum atomic E-state index is -0.134. The molecule has 0 bridgehead atoms. The maximum absolute atomic E-state index is 9.40. The van der Waals surface area contributed by atoms with Crippen LogP contribution in [0.4, 0.5) is 0 Å². The molecule has 0 radical (unpaired) electrons. The number of hydrogen-bond acceptors (Lipinski definition) is 3. The van der Waals surface area contributed by atoms with Crippen LogP contribution in [0.3, 0.4) is 0 Å². The monoisotopic (exact) mass is 295 g/mol. The lowest BCUT2D eigenvalue weighted by atomic mass is 9.82. The van der Waals surface area contributed by atoms with E-state index >= 15 is 0 Å². The lowest BCUT2D eigenvalue weighted by molar-refractivity contribution is 0.310. The first-order valence-electron chi connectivity index (χ1n) is 7.46. The van der Waals surface area contributed by atoms with Gasteiger partial charge >= 0.3 is 0 Å². The van der Waals surface area contributed by atoms with E-state index < -0.39 is 0 Å². The number of hydrogen-bond donors (Lipinski definition) is 0. The highest BCUT2D eigenvalue weighted by molar-refractivity contribution is 5.46. The van der Waals surface area contributed by atoms with Crippen molar-refractivity contribution in [3.05, 3.63) is 59.7 Å². The third kappa shape index (κ3) is 3.40. The molecule has 0 saturated heterocycles. The van der Waals surface area contributed by atoms with Gasteiger partial charge in [0.15, 0.2) is 11.5 Å². The molecule has 0 aliphatic heterocycles. The molecule has 2 unspecified atom stereocenters. The number of methoxy groups -OCH3 is 1. The topological polar surface area (TPSA) is 42.2 Å². The van der Waals surface area contributed by atoms with Gasteiger partial charge in [-0.2, -0.15) is 5.26 Å². The smallest absolute Gasteiger partial charge is 0.161 e. The zero-order chi connectivity index (χ0) is 15.9. The molecule has 0 aromatic heterocycles. The van der Waals surface area contributed by atoms with Crippen molar-refractivity contribution in [2.24, 2.45) is 5.92 Å². The SMILES string of the molecule is CCOc1cc(C(c2ccccc2)C(C)C#N)ccc1OC. The van der Waals surface area contributed by atoms with Crippen LogP contribution in [-0.4, -0.2) is 13.7 Å². The molecule has 2 aromatic rings. The van der Waals surface area contributed by atoms with Gasteiger partial charge in [0.2, 0.25) is 0 Å². The van der Waals surface area contributed by atoms with E-state index in [-0.39, 0.29) is 11.8 Å². The highest BCUT2D eigenvalue weighted by atomic mass is 16.5. The second-order valence-electron chi connectivity index (χ2n) is 5.15. The number of nitriles is 1. The Bertz CT molecular complexity index is 646. The lowest BCUT2D eigenvalue weighted by Gasteiger charge is -2.21. The van der Waals surface area contributed by atoms with Crippen LogP contribution in [-0.2, 0) is 0 Å². The summed E-state index contributed by atoms with van der Waals surface area (Å²) in [5.74, 6) is 1.30. The first kappa shape index (κ1) is 15.9. The largest absolute Gasteiger partial charge is 0.493 e. The van der Waals surface area contributed by atoms with Gasteiger partial charge in [0.05, 0.1) is 25.7 Å². The molecule has 0 saturated carbocycles. The normalized spacial score (nSPS) is 13.0. The summed E-state index contributed by atoms with van der Waals surface area (Å²) in [4.78, 5) is 0. The molecule has 114 valence electrons. The molecule has 0 spiro atoms. The molecule has 0 amide bonds. The van der Waals surface area contributed by atoms with Gasteiger partial charge in [-0.3, -0.25) is 0 Å². The summed E-state index contributed by atoms with van der Waals surface area (Å²) in [6.07, 6.45) is 0. The summed E-state index contributed by atoms with van der Waals surface area (Å²) in [5.41, 5.74) is 2.19. The molecule has 0 fully saturated rings. The molecule has 0 heterocycles. The van der Waals surface area contributed by atoms with E-state index in [1.54, 1.807) is 7.11 Å². The molecule has 0 aliphatic carbocycles. The van der Waals surface area contributed by atoms with Crippen LogP contribution >= 0.6 is 0 Å². The minimum Gasteiger partial charge on any atom is -0.493 e. The molecule has 0 aliphatic rings. The second kappa shape index (κ2) is 7.51. The highest BCUT2D eigenvalue weighted by Gasteiger charge is 2.22. The fourth-order valence-electron chi connectivity index (χ4n) is 2.66. The zero-order valence-corrected chi connectivity index (χ0v) is 13.2. The quantitative estimate of drug-likeness (QED) is 0.794. The maximum atomic E-state index is 9.40. The van der Waals surface area contributed by atoms with E-state index in [4.69, 9.17) is 9.47 Å². The summed E-state index contributed by atoms with van der Waals surface area (Å²) in [6, 6.07) is 18.4. The Morgan fingerprint density at radius 3 is 2.36 bits per heavy atom. The Kier molecular flexibility index (Phi) is 5.43. The lowest BCUT2D eigenvalue weighted by Crippen LogP contribution is -2.10. The van der Waals surface area contributed by atoms with E-state index in [9.17, 15) is 5.26 Å². The Morgan fingerprint density at radius 1 is 1.05 bits per heavy atom. The molecular weight excluding hydrogens is 274 g/mol. The predicted octanol–water partition coefficient (Wildman–Crippen LogP) is 4.39. The fraction of sp³-hybridized carbons (Fsp3) is 0.316. The van der Waals surface area contributed by atoms with Crippen molar-refractivity contribution in [2.75, 3.05) is 13.7 Å². The summed E-state index contributed by atoms with van der Waals surface area (Å²) < 4.78 is 11.0. The van der Waals surface area contributed by atoms with E-state index in [0.717, 1.165) is 11.1 Å². The summed E-state index contributed by atoms with van der Waals surface area (Å²) >= 11 is 0.